The Kier molecular flexibility index (Phi) is 5.48. The topological polar surface area (TPSA) is 93.9 Å². The van der Waals surface area contributed by atoms with Crippen LogP contribution in [0.25, 0.3) is 22.0 Å². The van der Waals surface area contributed by atoms with Gasteiger partial charge in [0.15, 0.2) is 9.84 Å². The number of sulfone groups is 1. The minimum absolute atomic E-state index is 0.122. The van der Waals surface area contributed by atoms with E-state index in [1.54, 1.807) is 6.92 Å². The van der Waals surface area contributed by atoms with E-state index >= 15 is 0 Å². The number of aryl methyl sites for hydroxylation is 1. The number of benzene rings is 1. The summed E-state index contributed by atoms with van der Waals surface area (Å²) >= 11 is 0. The van der Waals surface area contributed by atoms with Gasteiger partial charge in [0.05, 0.1) is 28.4 Å². The molecule has 1 N–H and O–H groups in total. The quantitative estimate of drug-likeness (QED) is 0.636. The van der Waals surface area contributed by atoms with Gasteiger partial charge in [-0.1, -0.05) is 12.1 Å². The zero-order chi connectivity index (χ0) is 23.3. The van der Waals surface area contributed by atoms with Crippen LogP contribution in [0.5, 0.6) is 0 Å². The summed E-state index contributed by atoms with van der Waals surface area (Å²) in [6.07, 6.45) is -0.595. The lowest BCUT2D eigenvalue weighted by molar-refractivity contribution is -0.137. The van der Waals surface area contributed by atoms with Crippen molar-refractivity contribution in [1.29, 1.82) is 0 Å². The van der Waals surface area contributed by atoms with Gasteiger partial charge in [-0.25, -0.2) is 18.4 Å². The molecule has 1 aromatic carbocycles. The normalized spacial score (nSPS) is 20.9. The van der Waals surface area contributed by atoms with Crippen molar-refractivity contribution in [3.05, 3.63) is 52.7 Å². The van der Waals surface area contributed by atoms with Gasteiger partial charge in [0.2, 0.25) is 0 Å². The third-order valence-electron chi connectivity index (χ3n) is 5.87. The summed E-state index contributed by atoms with van der Waals surface area (Å²) in [6.45, 7) is 1.63. The monoisotopic (exact) mass is 466 g/mol. The lowest BCUT2D eigenvalue weighted by Crippen LogP contribution is -2.43. The van der Waals surface area contributed by atoms with Crippen LogP contribution in [0.2, 0.25) is 0 Å². The summed E-state index contributed by atoms with van der Waals surface area (Å²) in [6, 6.07) is 4.11. The van der Waals surface area contributed by atoms with Crippen LogP contribution in [0.15, 0.2) is 41.6 Å². The van der Waals surface area contributed by atoms with Gasteiger partial charge in [0.1, 0.15) is 11.2 Å². The molecule has 1 aliphatic heterocycles. The number of fused-ring (bicyclic) bond motifs is 1. The van der Waals surface area contributed by atoms with E-state index in [9.17, 15) is 26.4 Å². The van der Waals surface area contributed by atoms with E-state index < -0.39 is 38.4 Å². The fraction of sp³-hybridized carbons (Fsp3) is 0.381. The van der Waals surface area contributed by atoms with Crippen LogP contribution in [0, 0.1) is 0 Å². The van der Waals surface area contributed by atoms with E-state index in [0.717, 1.165) is 12.1 Å². The molecule has 32 heavy (non-hydrogen) atoms. The van der Waals surface area contributed by atoms with Gasteiger partial charge in [-0.3, -0.25) is 4.79 Å². The lowest BCUT2D eigenvalue weighted by Gasteiger charge is -2.30. The number of hydrogen-bond acceptors (Lipinski definition) is 6. The molecule has 2 atom stereocenters. The van der Waals surface area contributed by atoms with Crippen molar-refractivity contribution < 1.29 is 21.6 Å². The van der Waals surface area contributed by atoms with Crippen molar-refractivity contribution in [3.63, 3.8) is 0 Å². The Labute approximate surface area is 182 Å². The predicted octanol–water partition coefficient (Wildman–Crippen LogP) is 3.39. The standard InChI is InChI=1S/C21H21F3N4O3S/c1-12-16(4-3-9-32(12,30)31)27-19-17-18(26-11-28(2)20(17)29)15(10-25-19)13-5-7-14(8-6-13)21(22,23)24/h5-8,10-12,16H,3-4,9H2,1-2H3,(H,25,27)/t12-,16+/m0/s1. The Hall–Kier alpha value is -2.95. The van der Waals surface area contributed by atoms with Crippen LogP contribution in [0.1, 0.15) is 25.3 Å². The number of pyridine rings is 1. The molecule has 11 heteroatoms. The number of rotatable bonds is 3. The molecule has 1 aliphatic rings. The van der Waals surface area contributed by atoms with E-state index in [2.05, 4.69) is 15.3 Å². The predicted molar refractivity (Wildman–Crippen MR) is 115 cm³/mol. The smallest absolute Gasteiger partial charge is 0.365 e. The van der Waals surface area contributed by atoms with Crippen LogP contribution in [-0.4, -0.2) is 40.0 Å². The Balaban J connectivity index is 1.82. The molecule has 0 aliphatic carbocycles. The Bertz CT molecular complexity index is 1340. The van der Waals surface area contributed by atoms with E-state index in [4.69, 9.17) is 0 Å². The second-order valence-corrected chi connectivity index (χ2v) is 10.4. The number of alkyl halides is 3. The fourth-order valence-corrected chi connectivity index (χ4v) is 5.56. The van der Waals surface area contributed by atoms with Gasteiger partial charge in [-0.15, -0.1) is 0 Å². The zero-order valence-electron chi connectivity index (χ0n) is 17.3. The van der Waals surface area contributed by atoms with E-state index in [-0.39, 0.29) is 22.5 Å². The fourth-order valence-electron chi connectivity index (χ4n) is 3.91. The number of nitrogens with zero attached hydrogens (tertiary/aromatic N) is 3. The van der Waals surface area contributed by atoms with E-state index in [1.807, 2.05) is 0 Å². The number of nitrogens with one attached hydrogen (secondary N) is 1. The molecule has 0 spiro atoms. The third kappa shape index (κ3) is 3.96. The van der Waals surface area contributed by atoms with Crippen LogP contribution in [0.4, 0.5) is 19.0 Å². The number of aromatic nitrogens is 3. The average Bonchev–Trinajstić information content (AvgIpc) is 2.73. The Morgan fingerprint density at radius 1 is 1.16 bits per heavy atom. The molecular weight excluding hydrogens is 445 g/mol. The summed E-state index contributed by atoms with van der Waals surface area (Å²) < 4.78 is 64.6. The van der Waals surface area contributed by atoms with Crippen molar-refractivity contribution in [1.82, 2.24) is 14.5 Å². The van der Waals surface area contributed by atoms with Gasteiger partial charge in [0.25, 0.3) is 5.56 Å². The minimum Gasteiger partial charge on any atom is -0.365 e. The molecule has 2 aromatic heterocycles. The van der Waals surface area contributed by atoms with Crippen LogP contribution >= 0.6 is 0 Å². The molecule has 1 fully saturated rings. The molecule has 4 rings (SSSR count). The highest BCUT2D eigenvalue weighted by molar-refractivity contribution is 7.92. The average molecular weight is 466 g/mol. The van der Waals surface area contributed by atoms with Crippen LogP contribution < -0.4 is 10.9 Å². The number of anilines is 1. The highest BCUT2D eigenvalue weighted by Gasteiger charge is 2.34. The first kappa shape index (κ1) is 22.3. The van der Waals surface area contributed by atoms with Gasteiger partial charge in [-0.05, 0) is 37.5 Å². The first-order chi connectivity index (χ1) is 15.0. The highest BCUT2D eigenvalue weighted by atomic mass is 32.2. The van der Waals surface area contributed by atoms with Crippen LogP contribution in [0.3, 0.4) is 0 Å². The van der Waals surface area contributed by atoms with Crippen molar-refractivity contribution in [2.24, 2.45) is 7.05 Å². The molecule has 3 aromatic rings. The van der Waals surface area contributed by atoms with Gasteiger partial charge in [0, 0.05) is 24.8 Å². The Morgan fingerprint density at radius 3 is 2.50 bits per heavy atom. The first-order valence-electron chi connectivity index (χ1n) is 9.99. The molecule has 7 nitrogen and oxygen atoms in total. The minimum atomic E-state index is -4.46. The molecule has 3 heterocycles. The van der Waals surface area contributed by atoms with Crippen molar-refractivity contribution >= 4 is 26.6 Å². The Morgan fingerprint density at radius 2 is 1.84 bits per heavy atom. The maximum absolute atomic E-state index is 12.9. The molecule has 0 unspecified atom stereocenters. The zero-order valence-corrected chi connectivity index (χ0v) is 18.2. The largest absolute Gasteiger partial charge is 0.416 e. The highest BCUT2D eigenvalue weighted by Crippen LogP contribution is 2.34. The van der Waals surface area contributed by atoms with Crippen molar-refractivity contribution in [3.8, 4) is 11.1 Å². The molecule has 1 saturated heterocycles. The summed E-state index contributed by atoms with van der Waals surface area (Å²) in [4.78, 5) is 21.6. The van der Waals surface area contributed by atoms with Crippen LogP contribution in [-0.2, 0) is 23.1 Å². The van der Waals surface area contributed by atoms with Gasteiger partial charge < -0.3 is 9.88 Å². The van der Waals surface area contributed by atoms with E-state index in [0.29, 0.717) is 24.0 Å². The molecular formula is C21H21F3N4O3S. The van der Waals surface area contributed by atoms with Crippen molar-refractivity contribution in [2.75, 3.05) is 11.1 Å². The first-order valence-corrected chi connectivity index (χ1v) is 11.7. The molecule has 0 amide bonds. The summed E-state index contributed by atoms with van der Waals surface area (Å²) in [7, 11) is -1.73. The second kappa shape index (κ2) is 7.88. The number of hydrogen-bond donors (Lipinski definition) is 1. The lowest BCUT2D eigenvalue weighted by atomic mass is 10.0. The third-order valence-corrected chi connectivity index (χ3v) is 8.19. The molecule has 0 bridgehead atoms. The van der Waals surface area contributed by atoms with Gasteiger partial charge in [-0.2, -0.15) is 13.2 Å². The van der Waals surface area contributed by atoms with Crippen molar-refractivity contribution in [2.45, 2.75) is 37.2 Å². The van der Waals surface area contributed by atoms with Gasteiger partial charge >= 0.3 is 6.18 Å². The molecule has 170 valence electrons. The SMILES string of the molecule is C[C@H]1[C@H](Nc2ncc(-c3ccc(C(F)(F)F)cc3)c3ncn(C)c(=O)c23)CCCS1(=O)=O. The summed E-state index contributed by atoms with van der Waals surface area (Å²) in [5.41, 5.74) is -0.0763. The van der Waals surface area contributed by atoms with E-state index in [1.165, 1.54) is 36.3 Å². The maximum Gasteiger partial charge on any atom is 0.416 e. The maximum atomic E-state index is 12.9. The molecule has 0 radical (unpaired) electrons. The second-order valence-electron chi connectivity index (χ2n) is 7.94. The molecule has 0 saturated carbocycles. The number of halogens is 3. The summed E-state index contributed by atoms with van der Waals surface area (Å²) in [5, 5.41) is 2.62. The summed E-state index contributed by atoms with van der Waals surface area (Å²) in [5.74, 6) is 0.328.